The van der Waals surface area contributed by atoms with Gasteiger partial charge in [0.05, 0.1) is 6.10 Å². The topological polar surface area (TPSA) is 86.6 Å². The van der Waals surface area contributed by atoms with Crippen LogP contribution in [0.15, 0.2) is 0 Å². The maximum Gasteiger partial charge on any atom is 0.303 e. The third-order valence-electron chi connectivity index (χ3n) is 10.6. The van der Waals surface area contributed by atoms with Crippen molar-refractivity contribution < 1.29 is 19.8 Å². The van der Waals surface area contributed by atoms with E-state index in [-0.39, 0.29) is 41.6 Å². The van der Waals surface area contributed by atoms with Crippen molar-refractivity contribution in [3.05, 3.63) is 0 Å². The lowest BCUT2D eigenvalue weighted by Crippen LogP contribution is -2.61. The van der Waals surface area contributed by atoms with Crippen LogP contribution in [0.3, 0.4) is 0 Å². The number of rotatable bonds is 6. The fourth-order valence-corrected chi connectivity index (χ4v) is 8.91. The Kier molecular flexibility index (Phi) is 6.33. The van der Waals surface area contributed by atoms with Gasteiger partial charge >= 0.3 is 5.97 Å². The van der Waals surface area contributed by atoms with Gasteiger partial charge in [-0.3, -0.25) is 9.59 Å². The van der Waals surface area contributed by atoms with Crippen molar-refractivity contribution in [2.75, 3.05) is 6.54 Å². The van der Waals surface area contributed by atoms with Crippen molar-refractivity contribution >= 4 is 11.8 Å². The van der Waals surface area contributed by atoms with E-state index in [1.807, 2.05) is 0 Å². The number of carboxylic acid groups (broad SMARTS) is 1. The molecule has 0 heterocycles. The predicted octanol–water partition coefficient (Wildman–Crippen LogP) is 4.27. The molecule has 4 saturated carbocycles. The minimum atomic E-state index is -0.753. The summed E-state index contributed by atoms with van der Waals surface area (Å²) in [6.07, 6.45) is 7.42. The first-order valence-electron chi connectivity index (χ1n) is 12.8. The number of aliphatic hydroxyl groups is 1. The average molecular weight is 434 g/mol. The minimum absolute atomic E-state index is 0.153. The SMILES string of the molecule is CCNC1CC[C@@]2(C)[C@@H](C1)CC(O)[C@@H]1[C@@H]2CC(=O)[C@]2(C)[C@@H]([C@H](C)CCC(=O)O)CC[C@@H]12. The lowest BCUT2D eigenvalue weighted by molar-refractivity contribution is -0.177. The molecule has 0 radical (unpaired) electrons. The Hall–Kier alpha value is -0.940. The van der Waals surface area contributed by atoms with E-state index in [2.05, 4.69) is 33.0 Å². The highest BCUT2D eigenvalue weighted by atomic mass is 16.4. The molecule has 4 aliphatic carbocycles. The van der Waals surface area contributed by atoms with Gasteiger partial charge in [-0.05, 0) is 92.4 Å². The van der Waals surface area contributed by atoms with Crippen molar-refractivity contribution in [3.63, 3.8) is 0 Å². The van der Waals surface area contributed by atoms with Gasteiger partial charge < -0.3 is 15.5 Å². The molecule has 0 saturated heterocycles. The van der Waals surface area contributed by atoms with Crippen molar-refractivity contribution in [2.45, 2.75) is 97.6 Å². The lowest BCUT2D eigenvalue weighted by atomic mass is 9.43. The number of ketones is 1. The molecule has 4 aliphatic rings. The van der Waals surface area contributed by atoms with Gasteiger partial charge in [0.25, 0.3) is 0 Å². The van der Waals surface area contributed by atoms with E-state index < -0.39 is 11.4 Å². The Balaban J connectivity index is 1.58. The Morgan fingerprint density at radius 1 is 1.19 bits per heavy atom. The zero-order valence-electron chi connectivity index (χ0n) is 19.9. The van der Waals surface area contributed by atoms with Crippen molar-refractivity contribution in [1.29, 1.82) is 0 Å². The van der Waals surface area contributed by atoms with Gasteiger partial charge in [-0.15, -0.1) is 0 Å². The molecule has 2 unspecified atom stereocenters. The number of aliphatic carboxylic acids is 1. The van der Waals surface area contributed by atoms with Crippen LogP contribution < -0.4 is 5.32 Å². The van der Waals surface area contributed by atoms with E-state index in [0.29, 0.717) is 36.5 Å². The van der Waals surface area contributed by atoms with Crippen LogP contribution in [-0.2, 0) is 9.59 Å². The van der Waals surface area contributed by atoms with Crippen molar-refractivity contribution in [3.8, 4) is 0 Å². The maximum atomic E-state index is 13.8. The zero-order valence-corrected chi connectivity index (χ0v) is 19.9. The number of hydrogen-bond acceptors (Lipinski definition) is 4. The van der Waals surface area contributed by atoms with Crippen LogP contribution in [0, 0.1) is 46.3 Å². The summed E-state index contributed by atoms with van der Waals surface area (Å²) in [5.41, 5.74) is -0.246. The fourth-order valence-electron chi connectivity index (χ4n) is 8.91. The summed E-state index contributed by atoms with van der Waals surface area (Å²) >= 11 is 0. The summed E-state index contributed by atoms with van der Waals surface area (Å²) in [5.74, 6) is 1.36. The van der Waals surface area contributed by atoms with E-state index in [4.69, 9.17) is 5.11 Å². The number of Topliss-reactive ketones (excluding diaryl/α,β-unsaturated/α-hetero) is 1. The van der Waals surface area contributed by atoms with Crippen LogP contribution in [0.1, 0.15) is 85.5 Å². The summed E-state index contributed by atoms with van der Waals surface area (Å²) in [6, 6.07) is 0.544. The first-order valence-corrected chi connectivity index (χ1v) is 12.8. The Morgan fingerprint density at radius 2 is 1.94 bits per heavy atom. The molecule has 0 bridgehead atoms. The van der Waals surface area contributed by atoms with E-state index in [1.54, 1.807) is 0 Å². The number of aliphatic hydroxyl groups excluding tert-OH is 1. The quantitative estimate of drug-likeness (QED) is 0.582. The van der Waals surface area contributed by atoms with Gasteiger partial charge in [-0.25, -0.2) is 0 Å². The Labute approximate surface area is 187 Å². The van der Waals surface area contributed by atoms with Gasteiger partial charge in [0, 0.05) is 24.3 Å². The van der Waals surface area contributed by atoms with Gasteiger partial charge in [-0.2, -0.15) is 0 Å². The first kappa shape index (κ1) is 23.2. The minimum Gasteiger partial charge on any atom is -0.481 e. The largest absolute Gasteiger partial charge is 0.481 e. The highest BCUT2D eigenvalue weighted by molar-refractivity contribution is 5.87. The average Bonchev–Trinajstić information content (AvgIpc) is 3.07. The molecule has 3 N–H and O–H groups in total. The second kappa shape index (κ2) is 8.44. The first-order chi connectivity index (χ1) is 14.6. The van der Waals surface area contributed by atoms with Gasteiger partial charge in [0.15, 0.2) is 0 Å². The summed E-state index contributed by atoms with van der Waals surface area (Å²) in [5, 5.41) is 24.2. The molecule has 0 spiro atoms. The molecular weight excluding hydrogens is 390 g/mol. The summed E-state index contributed by atoms with van der Waals surface area (Å²) in [7, 11) is 0. The van der Waals surface area contributed by atoms with Crippen molar-refractivity contribution in [1.82, 2.24) is 5.32 Å². The van der Waals surface area contributed by atoms with E-state index in [9.17, 15) is 14.7 Å². The maximum absolute atomic E-state index is 13.8. The summed E-state index contributed by atoms with van der Waals surface area (Å²) in [6.45, 7) is 9.87. The standard InChI is InChI=1S/C26H43NO4/c1-5-27-17-10-11-25(3)16(12-17)13-21(28)24-19-8-7-18(15(2)6-9-23(30)31)26(19,4)22(29)14-20(24)25/h15-21,24,27-28H,5-14H2,1-4H3,(H,30,31)/t15-,16+,17?,18-,19+,20+,21?,24+,25+,26-/m1/s1. The predicted molar refractivity (Wildman–Crippen MR) is 120 cm³/mol. The molecule has 0 aromatic carbocycles. The molecule has 31 heavy (non-hydrogen) atoms. The molecule has 4 fully saturated rings. The number of carbonyl (C=O) groups excluding carboxylic acids is 1. The number of hydrogen-bond donors (Lipinski definition) is 3. The normalized spacial score (nSPS) is 47.9. The second-order valence-electron chi connectivity index (χ2n) is 11.8. The monoisotopic (exact) mass is 433 g/mol. The number of nitrogens with one attached hydrogen (secondary N) is 1. The molecule has 176 valence electrons. The summed E-state index contributed by atoms with van der Waals surface area (Å²) in [4.78, 5) is 24.9. The van der Waals surface area contributed by atoms with Crippen LogP contribution in [0.4, 0.5) is 0 Å². The second-order valence-corrected chi connectivity index (χ2v) is 11.8. The number of carbonyl (C=O) groups is 2. The van der Waals surface area contributed by atoms with Crippen LogP contribution in [0.25, 0.3) is 0 Å². The van der Waals surface area contributed by atoms with E-state index in [1.165, 1.54) is 6.42 Å². The molecular formula is C26H43NO4. The Morgan fingerprint density at radius 3 is 2.61 bits per heavy atom. The van der Waals surface area contributed by atoms with Crippen LogP contribution in [0.5, 0.6) is 0 Å². The molecule has 0 amide bonds. The Bertz CT molecular complexity index is 710. The van der Waals surface area contributed by atoms with E-state index >= 15 is 0 Å². The highest BCUT2D eigenvalue weighted by Crippen LogP contribution is 2.67. The van der Waals surface area contributed by atoms with Crippen LogP contribution in [-0.4, -0.2) is 40.7 Å². The fraction of sp³-hybridized carbons (Fsp3) is 0.923. The van der Waals surface area contributed by atoms with Gasteiger partial charge in [0.2, 0.25) is 0 Å². The number of carboxylic acids is 1. The van der Waals surface area contributed by atoms with Gasteiger partial charge in [-0.1, -0.05) is 27.7 Å². The molecule has 10 atom stereocenters. The summed E-state index contributed by atoms with van der Waals surface area (Å²) < 4.78 is 0. The molecule has 5 heteroatoms. The lowest BCUT2D eigenvalue weighted by Gasteiger charge is -2.62. The zero-order chi connectivity index (χ0) is 22.6. The van der Waals surface area contributed by atoms with Crippen LogP contribution >= 0.6 is 0 Å². The van der Waals surface area contributed by atoms with Gasteiger partial charge in [0.1, 0.15) is 5.78 Å². The molecule has 5 nitrogen and oxygen atoms in total. The molecule has 0 aromatic heterocycles. The third kappa shape index (κ3) is 3.68. The van der Waals surface area contributed by atoms with E-state index in [0.717, 1.165) is 38.6 Å². The highest BCUT2D eigenvalue weighted by Gasteiger charge is 2.65. The van der Waals surface area contributed by atoms with Crippen LogP contribution in [0.2, 0.25) is 0 Å². The molecule has 4 rings (SSSR count). The molecule has 0 aromatic rings. The molecule has 0 aliphatic heterocycles. The van der Waals surface area contributed by atoms with Crippen molar-refractivity contribution in [2.24, 2.45) is 46.3 Å². The third-order valence-corrected chi connectivity index (χ3v) is 10.6. The number of fused-ring (bicyclic) bond motifs is 5. The smallest absolute Gasteiger partial charge is 0.303 e.